The van der Waals surface area contributed by atoms with Gasteiger partial charge >= 0.3 is 0 Å². The molecule has 5 nitrogen and oxygen atoms in total. The lowest BCUT2D eigenvalue weighted by molar-refractivity contribution is 0.0951. The van der Waals surface area contributed by atoms with Crippen molar-refractivity contribution in [2.45, 2.75) is 25.3 Å². The second-order valence-electron chi connectivity index (χ2n) is 4.27. The van der Waals surface area contributed by atoms with Crippen LogP contribution in [-0.2, 0) is 0 Å². The van der Waals surface area contributed by atoms with Crippen molar-refractivity contribution in [2.75, 3.05) is 13.1 Å². The number of rotatable bonds is 4. The molecule has 2 heterocycles. The normalized spacial score (nSPS) is 19.2. The van der Waals surface area contributed by atoms with Crippen molar-refractivity contribution in [1.82, 2.24) is 15.6 Å². The summed E-state index contributed by atoms with van der Waals surface area (Å²) in [6.07, 6.45) is 6.10. The molecular weight excluding hydrogens is 218 g/mol. The first-order chi connectivity index (χ1) is 8.25. The number of amides is 1. The van der Waals surface area contributed by atoms with E-state index in [1.807, 2.05) is 0 Å². The number of carbonyl (C=O) groups excluding carboxylic acids is 1. The SMILES string of the molecule is O=C(NCC[C@@H]1CCCN1)c1cncc(O)c1. The number of hydrogen-bond donors (Lipinski definition) is 3. The maximum Gasteiger partial charge on any atom is 0.252 e. The first-order valence-electron chi connectivity index (χ1n) is 5.91. The van der Waals surface area contributed by atoms with Crippen molar-refractivity contribution in [3.63, 3.8) is 0 Å². The molecule has 0 unspecified atom stereocenters. The fraction of sp³-hybridized carbons (Fsp3) is 0.500. The monoisotopic (exact) mass is 235 g/mol. The van der Waals surface area contributed by atoms with Gasteiger partial charge in [-0.1, -0.05) is 0 Å². The zero-order chi connectivity index (χ0) is 12.1. The Kier molecular flexibility index (Phi) is 3.93. The average Bonchev–Trinajstić information content (AvgIpc) is 2.82. The van der Waals surface area contributed by atoms with E-state index in [4.69, 9.17) is 0 Å². The van der Waals surface area contributed by atoms with Crippen LogP contribution in [0.15, 0.2) is 18.5 Å². The van der Waals surface area contributed by atoms with Crippen LogP contribution in [0.4, 0.5) is 0 Å². The van der Waals surface area contributed by atoms with Gasteiger partial charge in [-0.3, -0.25) is 9.78 Å². The molecule has 17 heavy (non-hydrogen) atoms. The van der Waals surface area contributed by atoms with Crippen LogP contribution in [-0.4, -0.2) is 35.1 Å². The van der Waals surface area contributed by atoms with Gasteiger partial charge in [-0.05, 0) is 31.9 Å². The number of nitrogens with one attached hydrogen (secondary N) is 2. The minimum Gasteiger partial charge on any atom is -0.506 e. The Hall–Kier alpha value is -1.62. The lowest BCUT2D eigenvalue weighted by Crippen LogP contribution is -2.30. The van der Waals surface area contributed by atoms with Crippen LogP contribution in [0.1, 0.15) is 29.6 Å². The molecule has 0 spiro atoms. The number of aromatic hydroxyl groups is 1. The van der Waals surface area contributed by atoms with Crippen molar-refractivity contribution < 1.29 is 9.90 Å². The van der Waals surface area contributed by atoms with Gasteiger partial charge in [-0.25, -0.2) is 0 Å². The van der Waals surface area contributed by atoms with Gasteiger partial charge in [-0.15, -0.1) is 0 Å². The van der Waals surface area contributed by atoms with Crippen molar-refractivity contribution in [3.8, 4) is 5.75 Å². The smallest absolute Gasteiger partial charge is 0.252 e. The van der Waals surface area contributed by atoms with E-state index in [2.05, 4.69) is 15.6 Å². The molecule has 0 radical (unpaired) electrons. The van der Waals surface area contributed by atoms with Crippen LogP contribution in [0, 0.1) is 0 Å². The van der Waals surface area contributed by atoms with E-state index in [9.17, 15) is 9.90 Å². The molecule has 1 fully saturated rings. The zero-order valence-corrected chi connectivity index (χ0v) is 9.65. The summed E-state index contributed by atoms with van der Waals surface area (Å²) in [5.74, 6) is -0.179. The molecule has 1 amide bonds. The van der Waals surface area contributed by atoms with E-state index in [0.717, 1.165) is 13.0 Å². The van der Waals surface area contributed by atoms with Gasteiger partial charge in [-0.2, -0.15) is 0 Å². The van der Waals surface area contributed by atoms with Gasteiger partial charge in [0.15, 0.2) is 0 Å². The Morgan fingerprint density at radius 1 is 1.59 bits per heavy atom. The molecular formula is C12H17N3O2. The van der Waals surface area contributed by atoms with Gasteiger partial charge < -0.3 is 15.7 Å². The lowest BCUT2D eigenvalue weighted by Gasteiger charge is -2.10. The van der Waals surface area contributed by atoms with Gasteiger partial charge in [0.2, 0.25) is 0 Å². The van der Waals surface area contributed by atoms with E-state index in [0.29, 0.717) is 18.2 Å². The topological polar surface area (TPSA) is 74.2 Å². The van der Waals surface area contributed by atoms with Crippen LogP contribution < -0.4 is 10.6 Å². The molecule has 0 bridgehead atoms. The van der Waals surface area contributed by atoms with Crippen molar-refractivity contribution >= 4 is 5.91 Å². The summed E-state index contributed by atoms with van der Waals surface area (Å²) in [6.45, 7) is 1.72. The molecule has 2 rings (SSSR count). The minimum atomic E-state index is -0.189. The standard InChI is InChI=1S/C12H17N3O2/c16-11-6-9(7-13-8-11)12(17)15-5-3-10-2-1-4-14-10/h6-8,10,14,16H,1-5H2,(H,15,17)/t10-/m0/s1. The highest BCUT2D eigenvalue weighted by atomic mass is 16.3. The molecule has 1 atom stereocenters. The highest BCUT2D eigenvalue weighted by Gasteiger charge is 2.14. The third-order valence-corrected chi connectivity index (χ3v) is 2.93. The van der Waals surface area contributed by atoms with Gasteiger partial charge in [0, 0.05) is 18.8 Å². The van der Waals surface area contributed by atoms with Gasteiger partial charge in [0.25, 0.3) is 5.91 Å². The predicted molar refractivity (Wildman–Crippen MR) is 63.9 cm³/mol. The second-order valence-corrected chi connectivity index (χ2v) is 4.27. The molecule has 92 valence electrons. The summed E-state index contributed by atoms with van der Waals surface area (Å²) in [6, 6.07) is 1.94. The highest BCUT2D eigenvalue weighted by molar-refractivity contribution is 5.94. The fourth-order valence-corrected chi connectivity index (χ4v) is 2.02. The molecule has 5 heteroatoms. The number of hydrogen-bond acceptors (Lipinski definition) is 4. The Labute approximate surface area is 100 Å². The molecule has 1 aromatic rings. The molecule has 0 aromatic carbocycles. The molecule has 0 saturated carbocycles. The lowest BCUT2D eigenvalue weighted by atomic mass is 10.1. The molecule has 0 aliphatic carbocycles. The van der Waals surface area contributed by atoms with Gasteiger partial charge in [0.05, 0.1) is 11.8 Å². The van der Waals surface area contributed by atoms with Crippen LogP contribution in [0.2, 0.25) is 0 Å². The Morgan fingerprint density at radius 3 is 3.18 bits per heavy atom. The number of carbonyl (C=O) groups is 1. The van der Waals surface area contributed by atoms with Gasteiger partial charge in [0.1, 0.15) is 5.75 Å². The Balaban J connectivity index is 1.77. The van der Waals surface area contributed by atoms with Crippen LogP contribution in [0.3, 0.4) is 0 Å². The van der Waals surface area contributed by atoms with Crippen molar-refractivity contribution in [1.29, 1.82) is 0 Å². The fourth-order valence-electron chi connectivity index (χ4n) is 2.02. The van der Waals surface area contributed by atoms with E-state index in [1.165, 1.54) is 31.3 Å². The maximum atomic E-state index is 11.7. The zero-order valence-electron chi connectivity index (χ0n) is 9.65. The summed E-state index contributed by atoms with van der Waals surface area (Å²) in [4.78, 5) is 15.5. The van der Waals surface area contributed by atoms with E-state index in [1.54, 1.807) is 0 Å². The highest BCUT2D eigenvalue weighted by Crippen LogP contribution is 2.09. The summed E-state index contributed by atoms with van der Waals surface area (Å²) in [7, 11) is 0. The van der Waals surface area contributed by atoms with Crippen LogP contribution in [0.25, 0.3) is 0 Å². The van der Waals surface area contributed by atoms with E-state index < -0.39 is 0 Å². The summed E-state index contributed by atoms with van der Waals surface area (Å²) < 4.78 is 0. The summed E-state index contributed by atoms with van der Waals surface area (Å²) >= 11 is 0. The third kappa shape index (κ3) is 3.42. The number of pyridine rings is 1. The van der Waals surface area contributed by atoms with Crippen molar-refractivity contribution in [2.24, 2.45) is 0 Å². The maximum absolute atomic E-state index is 11.7. The first kappa shape index (κ1) is 11.9. The summed E-state index contributed by atoms with van der Waals surface area (Å²) in [5, 5.41) is 15.4. The summed E-state index contributed by atoms with van der Waals surface area (Å²) in [5.41, 5.74) is 0.393. The second kappa shape index (κ2) is 5.63. The van der Waals surface area contributed by atoms with Crippen LogP contribution >= 0.6 is 0 Å². The minimum absolute atomic E-state index is 0.00936. The molecule has 3 N–H and O–H groups in total. The van der Waals surface area contributed by atoms with Crippen LogP contribution in [0.5, 0.6) is 5.75 Å². The van der Waals surface area contributed by atoms with Crippen molar-refractivity contribution in [3.05, 3.63) is 24.0 Å². The first-order valence-corrected chi connectivity index (χ1v) is 5.91. The Bertz CT molecular complexity index is 389. The quantitative estimate of drug-likeness (QED) is 0.716. The molecule has 1 aliphatic rings. The largest absolute Gasteiger partial charge is 0.506 e. The van der Waals surface area contributed by atoms with E-state index >= 15 is 0 Å². The van der Waals surface area contributed by atoms with E-state index in [-0.39, 0.29) is 11.7 Å². The average molecular weight is 235 g/mol. The number of aromatic nitrogens is 1. The number of nitrogens with zero attached hydrogens (tertiary/aromatic N) is 1. The Morgan fingerprint density at radius 2 is 2.47 bits per heavy atom. The molecule has 1 aromatic heterocycles. The molecule has 1 aliphatic heterocycles. The molecule has 1 saturated heterocycles. The predicted octanol–water partition coefficient (Wildman–Crippen LogP) is 0.659. The third-order valence-electron chi connectivity index (χ3n) is 2.93.